The van der Waals surface area contributed by atoms with E-state index < -0.39 is 0 Å². The number of rotatable bonds is 4. The summed E-state index contributed by atoms with van der Waals surface area (Å²) < 4.78 is 8.56. The highest BCUT2D eigenvalue weighted by Gasteiger charge is 2.42. The number of hydrogen-bond acceptors (Lipinski definition) is 5. The standard InChI is InChI=1S/C24H23Cl2N5O/c1-14-28-29-15(2)31(14)18-3-5-19(6-4-18)32-24-21-9-17(25)10-22(26)20(21)11-23(24)30-8-7-16(12-27)13-30/h3-6,9-10,16,23-24H,7-8,11,13H2,1-2H3/t16-,23-,24+/m0/s1. The number of benzene rings is 2. The van der Waals surface area contributed by atoms with Crippen molar-refractivity contribution in [2.24, 2.45) is 5.92 Å². The first-order chi connectivity index (χ1) is 15.4. The van der Waals surface area contributed by atoms with Crippen molar-refractivity contribution in [1.29, 1.82) is 5.26 Å². The van der Waals surface area contributed by atoms with E-state index in [0.717, 1.165) is 60.1 Å². The Morgan fingerprint density at radius 1 is 1.09 bits per heavy atom. The van der Waals surface area contributed by atoms with Crippen molar-refractivity contribution < 1.29 is 4.74 Å². The van der Waals surface area contributed by atoms with Gasteiger partial charge < -0.3 is 4.74 Å². The van der Waals surface area contributed by atoms with E-state index in [1.54, 1.807) is 6.07 Å². The Bertz CT molecular complexity index is 1180. The van der Waals surface area contributed by atoms with Crippen LogP contribution in [0.4, 0.5) is 0 Å². The minimum Gasteiger partial charge on any atom is -0.484 e. The third-order valence-corrected chi connectivity index (χ3v) is 7.04. The van der Waals surface area contributed by atoms with Crippen LogP contribution in [0.15, 0.2) is 36.4 Å². The maximum absolute atomic E-state index is 9.37. The summed E-state index contributed by atoms with van der Waals surface area (Å²) >= 11 is 12.9. The Labute approximate surface area is 197 Å². The molecule has 0 radical (unpaired) electrons. The van der Waals surface area contributed by atoms with E-state index in [0.29, 0.717) is 10.0 Å². The lowest BCUT2D eigenvalue weighted by Gasteiger charge is -2.30. The van der Waals surface area contributed by atoms with E-state index >= 15 is 0 Å². The summed E-state index contributed by atoms with van der Waals surface area (Å²) in [7, 11) is 0. The van der Waals surface area contributed by atoms with Gasteiger partial charge in [0.15, 0.2) is 0 Å². The average Bonchev–Trinajstić information content (AvgIpc) is 3.47. The maximum Gasteiger partial charge on any atom is 0.140 e. The Kier molecular flexibility index (Phi) is 5.58. The summed E-state index contributed by atoms with van der Waals surface area (Å²) in [5.41, 5.74) is 3.10. The second-order valence-electron chi connectivity index (χ2n) is 8.50. The summed E-state index contributed by atoms with van der Waals surface area (Å²) in [4.78, 5) is 2.36. The lowest BCUT2D eigenvalue weighted by Crippen LogP contribution is -2.38. The molecule has 0 saturated carbocycles. The first kappa shape index (κ1) is 21.3. The fourth-order valence-corrected chi connectivity index (χ4v) is 5.52. The van der Waals surface area contributed by atoms with E-state index in [1.807, 2.05) is 48.7 Å². The van der Waals surface area contributed by atoms with Crippen LogP contribution in [-0.4, -0.2) is 38.8 Å². The van der Waals surface area contributed by atoms with Crippen molar-refractivity contribution in [1.82, 2.24) is 19.7 Å². The Balaban J connectivity index is 1.45. The van der Waals surface area contributed by atoms with Crippen molar-refractivity contribution in [2.75, 3.05) is 13.1 Å². The van der Waals surface area contributed by atoms with Crippen LogP contribution in [0.5, 0.6) is 5.75 Å². The minimum atomic E-state index is -0.206. The van der Waals surface area contributed by atoms with Crippen molar-refractivity contribution in [2.45, 2.75) is 38.8 Å². The van der Waals surface area contributed by atoms with Gasteiger partial charge in [-0.2, -0.15) is 5.26 Å². The van der Waals surface area contributed by atoms with Gasteiger partial charge in [0.05, 0.1) is 18.0 Å². The fraction of sp³-hybridized carbons (Fsp3) is 0.375. The van der Waals surface area contributed by atoms with Crippen molar-refractivity contribution in [3.63, 3.8) is 0 Å². The largest absolute Gasteiger partial charge is 0.484 e. The van der Waals surface area contributed by atoms with Gasteiger partial charge in [-0.1, -0.05) is 23.2 Å². The maximum atomic E-state index is 9.37. The molecule has 164 valence electrons. The number of hydrogen-bond donors (Lipinski definition) is 0. The van der Waals surface area contributed by atoms with Gasteiger partial charge >= 0.3 is 0 Å². The molecule has 8 heteroatoms. The first-order valence-electron chi connectivity index (χ1n) is 10.7. The summed E-state index contributed by atoms with van der Waals surface area (Å²) in [6.07, 6.45) is 1.46. The molecule has 1 fully saturated rings. The summed E-state index contributed by atoms with van der Waals surface area (Å²) in [5, 5.41) is 18.9. The number of halogens is 2. The van der Waals surface area contributed by atoms with E-state index in [4.69, 9.17) is 27.9 Å². The van der Waals surface area contributed by atoms with Crippen LogP contribution in [0.1, 0.15) is 35.3 Å². The van der Waals surface area contributed by atoms with Gasteiger partial charge in [-0.3, -0.25) is 9.47 Å². The second-order valence-corrected chi connectivity index (χ2v) is 9.34. The van der Waals surface area contributed by atoms with Crippen LogP contribution in [0.25, 0.3) is 5.69 Å². The Morgan fingerprint density at radius 3 is 2.47 bits per heavy atom. The third-order valence-electron chi connectivity index (χ3n) is 6.48. The van der Waals surface area contributed by atoms with E-state index in [2.05, 4.69) is 21.2 Å². The van der Waals surface area contributed by atoms with E-state index in [-0.39, 0.29) is 18.1 Å². The number of nitrogens with zero attached hydrogens (tertiary/aromatic N) is 5. The van der Waals surface area contributed by atoms with Crippen LogP contribution in [0.2, 0.25) is 10.0 Å². The van der Waals surface area contributed by atoms with Gasteiger partial charge in [0, 0.05) is 27.8 Å². The topological polar surface area (TPSA) is 67.0 Å². The highest BCUT2D eigenvalue weighted by atomic mass is 35.5. The number of fused-ring (bicyclic) bond motifs is 1. The molecule has 32 heavy (non-hydrogen) atoms. The summed E-state index contributed by atoms with van der Waals surface area (Å²) in [6.45, 7) is 5.50. The molecule has 0 spiro atoms. The number of nitriles is 1. The van der Waals surface area contributed by atoms with Gasteiger partial charge in [0.2, 0.25) is 0 Å². The molecule has 2 aliphatic rings. The van der Waals surface area contributed by atoms with Gasteiger partial charge in [-0.25, -0.2) is 0 Å². The second kappa shape index (κ2) is 8.40. The third kappa shape index (κ3) is 3.75. The molecule has 6 nitrogen and oxygen atoms in total. The van der Waals surface area contributed by atoms with Crippen LogP contribution < -0.4 is 4.74 Å². The predicted molar refractivity (Wildman–Crippen MR) is 123 cm³/mol. The van der Waals surface area contributed by atoms with Gasteiger partial charge in [-0.15, -0.1) is 10.2 Å². The molecule has 1 saturated heterocycles. The normalized spacial score (nSPS) is 22.7. The molecule has 2 heterocycles. The molecule has 2 aromatic carbocycles. The SMILES string of the molecule is Cc1nnc(C)n1-c1ccc(O[C@@H]2c3cc(Cl)cc(Cl)c3C[C@@H]2N2CC[C@@H](C#N)C2)cc1. The smallest absolute Gasteiger partial charge is 0.140 e. The monoisotopic (exact) mass is 467 g/mol. The lowest BCUT2D eigenvalue weighted by molar-refractivity contribution is 0.0928. The molecule has 5 rings (SSSR count). The number of aryl methyl sites for hydroxylation is 2. The predicted octanol–water partition coefficient (Wildman–Crippen LogP) is 5.08. The molecule has 3 atom stereocenters. The first-order valence-corrected chi connectivity index (χ1v) is 11.5. The van der Waals surface area contributed by atoms with Crippen molar-refractivity contribution >= 4 is 23.2 Å². The van der Waals surface area contributed by atoms with Gasteiger partial charge in [-0.05, 0) is 75.2 Å². The lowest BCUT2D eigenvalue weighted by atomic mass is 10.1. The Morgan fingerprint density at radius 2 is 1.81 bits per heavy atom. The van der Waals surface area contributed by atoms with E-state index in [9.17, 15) is 5.26 Å². The Hall–Kier alpha value is -2.59. The molecule has 1 aliphatic carbocycles. The molecule has 3 aromatic rings. The van der Waals surface area contributed by atoms with E-state index in [1.165, 1.54) is 0 Å². The average molecular weight is 468 g/mol. The van der Waals surface area contributed by atoms with Crippen LogP contribution in [-0.2, 0) is 6.42 Å². The van der Waals surface area contributed by atoms with Gasteiger partial charge in [0.1, 0.15) is 23.5 Å². The molecule has 0 bridgehead atoms. The molecule has 1 aliphatic heterocycles. The zero-order valence-electron chi connectivity index (χ0n) is 17.9. The number of ether oxygens (including phenoxy) is 1. The minimum absolute atomic E-state index is 0.0629. The molecule has 0 unspecified atom stereocenters. The quantitative estimate of drug-likeness (QED) is 0.534. The van der Waals surface area contributed by atoms with Crippen LogP contribution >= 0.6 is 23.2 Å². The molecular weight excluding hydrogens is 445 g/mol. The van der Waals surface area contributed by atoms with Crippen LogP contribution in [0.3, 0.4) is 0 Å². The number of likely N-dealkylation sites (tertiary alicyclic amines) is 1. The summed E-state index contributed by atoms with van der Waals surface area (Å²) in [6, 6.07) is 14.2. The fourth-order valence-electron chi connectivity index (χ4n) is 4.93. The highest BCUT2D eigenvalue weighted by Crippen LogP contribution is 2.43. The molecule has 1 aromatic heterocycles. The summed E-state index contributed by atoms with van der Waals surface area (Å²) in [5.74, 6) is 2.51. The highest BCUT2D eigenvalue weighted by molar-refractivity contribution is 6.35. The molecule has 0 amide bonds. The molecule has 0 N–H and O–H groups in total. The zero-order chi connectivity index (χ0) is 22.4. The molecular formula is C24H23Cl2N5O. The number of aromatic nitrogens is 3. The van der Waals surface area contributed by atoms with Gasteiger partial charge in [0.25, 0.3) is 0 Å². The van der Waals surface area contributed by atoms with Crippen LogP contribution in [0, 0.1) is 31.1 Å². The zero-order valence-corrected chi connectivity index (χ0v) is 19.4. The van der Waals surface area contributed by atoms with Crippen molar-refractivity contribution in [3.05, 3.63) is 69.2 Å². The van der Waals surface area contributed by atoms with Crippen molar-refractivity contribution in [3.8, 4) is 17.5 Å².